The quantitative estimate of drug-likeness (QED) is 0.582. The van der Waals surface area contributed by atoms with Crippen LogP contribution < -0.4 is 5.73 Å². The Labute approximate surface area is 89.2 Å². The highest BCUT2D eigenvalue weighted by Crippen LogP contribution is 2.15. The van der Waals surface area contributed by atoms with Crippen molar-refractivity contribution >= 4 is 0 Å². The summed E-state index contributed by atoms with van der Waals surface area (Å²) < 4.78 is 5.48. The van der Waals surface area contributed by atoms with Gasteiger partial charge in [0.15, 0.2) is 0 Å². The lowest BCUT2D eigenvalue weighted by molar-refractivity contribution is 0.103. The van der Waals surface area contributed by atoms with Gasteiger partial charge in [-0.2, -0.15) is 0 Å². The summed E-state index contributed by atoms with van der Waals surface area (Å²) in [4.78, 5) is 0. The molecule has 0 aromatic heterocycles. The van der Waals surface area contributed by atoms with Gasteiger partial charge in [-0.15, -0.1) is 0 Å². The summed E-state index contributed by atoms with van der Waals surface area (Å²) in [6, 6.07) is 0.234. The van der Waals surface area contributed by atoms with Gasteiger partial charge in [-0.25, -0.2) is 0 Å². The van der Waals surface area contributed by atoms with Gasteiger partial charge >= 0.3 is 0 Å². The Morgan fingerprint density at radius 2 is 1.86 bits per heavy atom. The van der Waals surface area contributed by atoms with Crippen LogP contribution >= 0.6 is 0 Å². The molecule has 0 aromatic carbocycles. The summed E-state index contributed by atoms with van der Waals surface area (Å²) in [6.07, 6.45) is 6.07. The molecule has 0 saturated carbocycles. The average Bonchev–Trinajstić information content (AvgIpc) is 2.19. The first-order chi connectivity index (χ1) is 6.76. The van der Waals surface area contributed by atoms with E-state index in [1.54, 1.807) is 0 Å². The molecule has 2 atom stereocenters. The second-order valence-electron chi connectivity index (χ2n) is 4.05. The summed E-state index contributed by atoms with van der Waals surface area (Å²) >= 11 is 0. The molecule has 2 heteroatoms. The standard InChI is InChI=1S/C12H27NO/c1-4-7-8-11(6-3)12(13)10-14-9-5-2/h11-12H,4-10,13H2,1-3H3. The van der Waals surface area contributed by atoms with Crippen LogP contribution in [-0.2, 0) is 4.74 Å². The molecule has 14 heavy (non-hydrogen) atoms. The maximum atomic E-state index is 6.09. The van der Waals surface area contributed by atoms with E-state index in [1.165, 1.54) is 25.7 Å². The molecular weight excluding hydrogens is 174 g/mol. The van der Waals surface area contributed by atoms with Crippen LogP contribution in [0.5, 0.6) is 0 Å². The molecule has 2 unspecified atom stereocenters. The van der Waals surface area contributed by atoms with Gasteiger partial charge in [0.2, 0.25) is 0 Å². The second kappa shape index (κ2) is 9.47. The molecule has 0 aliphatic carbocycles. The number of nitrogens with two attached hydrogens (primary N) is 1. The Kier molecular flexibility index (Phi) is 9.42. The molecule has 0 saturated heterocycles. The van der Waals surface area contributed by atoms with E-state index < -0.39 is 0 Å². The maximum Gasteiger partial charge on any atom is 0.0620 e. The van der Waals surface area contributed by atoms with Crippen molar-refractivity contribution in [3.63, 3.8) is 0 Å². The fourth-order valence-corrected chi connectivity index (χ4v) is 1.69. The molecule has 0 spiro atoms. The molecule has 0 fully saturated rings. The van der Waals surface area contributed by atoms with Gasteiger partial charge in [-0.3, -0.25) is 0 Å². The molecule has 0 amide bonds. The molecular formula is C12H27NO. The first-order valence-corrected chi connectivity index (χ1v) is 6.09. The van der Waals surface area contributed by atoms with Crippen molar-refractivity contribution in [2.75, 3.05) is 13.2 Å². The topological polar surface area (TPSA) is 35.2 Å². The van der Waals surface area contributed by atoms with Crippen molar-refractivity contribution in [1.29, 1.82) is 0 Å². The normalized spacial score (nSPS) is 15.4. The number of hydrogen-bond donors (Lipinski definition) is 1. The lowest BCUT2D eigenvalue weighted by Crippen LogP contribution is -2.34. The van der Waals surface area contributed by atoms with Crippen molar-refractivity contribution in [2.24, 2.45) is 11.7 Å². The van der Waals surface area contributed by atoms with Crippen LogP contribution in [0.15, 0.2) is 0 Å². The van der Waals surface area contributed by atoms with Gasteiger partial charge in [0.05, 0.1) is 6.61 Å². The van der Waals surface area contributed by atoms with Gasteiger partial charge in [-0.05, 0) is 18.8 Å². The van der Waals surface area contributed by atoms with E-state index in [4.69, 9.17) is 10.5 Å². The highest BCUT2D eigenvalue weighted by Gasteiger charge is 2.15. The Bertz CT molecular complexity index is 117. The van der Waals surface area contributed by atoms with Crippen LogP contribution in [0, 0.1) is 5.92 Å². The summed E-state index contributed by atoms with van der Waals surface area (Å²) in [7, 11) is 0. The first kappa shape index (κ1) is 13.9. The molecule has 0 aliphatic heterocycles. The van der Waals surface area contributed by atoms with Crippen LogP contribution in [0.1, 0.15) is 52.9 Å². The van der Waals surface area contributed by atoms with Gasteiger partial charge in [0.1, 0.15) is 0 Å². The second-order valence-corrected chi connectivity index (χ2v) is 4.05. The lowest BCUT2D eigenvalue weighted by Gasteiger charge is -2.22. The molecule has 0 radical (unpaired) electrons. The van der Waals surface area contributed by atoms with Gasteiger partial charge in [-0.1, -0.05) is 40.0 Å². The number of hydrogen-bond acceptors (Lipinski definition) is 2. The Hall–Kier alpha value is -0.0800. The highest BCUT2D eigenvalue weighted by molar-refractivity contribution is 4.71. The van der Waals surface area contributed by atoms with E-state index in [0.29, 0.717) is 5.92 Å². The van der Waals surface area contributed by atoms with E-state index in [9.17, 15) is 0 Å². The number of ether oxygens (including phenoxy) is 1. The smallest absolute Gasteiger partial charge is 0.0620 e. The van der Waals surface area contributed by atoms with Crippen LogP contribution in [0.3, 0.4) is 0 Å². The zero-order chi connectivity index (χ0) is 10.8. The van der Waals surface area contributed by atoms with E-state index in [0.717, 1.165) is 19.6 Å². The predicted molar refractivity (Wildman–Crippen MR) is 62.4 cm³/mol. The minimum Gasteiger partial charge on any atom is -0.380 e. The zero-order valence-electron chi connectivity index (χ0n) is 10.1. The Balaban J connectivity index is 3.61. The number of rotatable bonds is 9. The van der Waals surface area contributed by atoms with Crippen molar-refractivity contribution < 1.29 is 4.74 Å². The maximum absolute atomic E-state index is 6.09. The third-order valence-corrected chi connectivity index (χ3v) is 2.72. The average molecular weight is 201 g/mol. The molecule has 0 aliphatic rings. The summed E-state index contributed by atoms with van der Waals surface area (Å²) in [5.41, 5.74) is 6.09. The minimum atomic E-state index is 0.234. The van der Waals surface area contributed by atoms with Gasteiger partial charge in [0.25, 0.3) is 0 Å². The molecule has 0 aromatic rings. The third kappa shape index (κ3) is 6.39. The van der Waals surface area contributed by atoms with Crippen LogP contribution in [0.25, 0.3) is 0 Å². The van der Waals surface area contributed by atoms with Crippen LogP contribution in [0.4, 0.5) is 0 Å². The lowest BCUT2D eigenvalue weighted by atomic mass is 9.92. The van der Waals surface area contributed by atoms with Crippen molar-refractivity contribution in [3.05, 3.63) is 0 Å². The van der Waals surface area contributed by atoms with Crippen LogP contribution in [0.2, 0.25) is 0 Å². The fourth-order valence-electron chi connectivity index (χ4n) is 1.69. The first-order valence-electron chi connectivity index (χ1n) is 6.09. The molecule has 86 valence electrons. The van der Waals surface area contributed by atoms with Crippen molar-refractivity contribution in [2.45, 2.75) is 58.9 Å². The monoisotopic (exact) mass is 201 g/mol. The van der Waals surface area contributed by atoms with Crippen LogP contribution in [-0.4, -0.2) is 19.3 Å². The Morgan fingerprint density at radius 1 is 1.14 bits per heavy atom. The SMILES string of the molecule is CCCCC(CC)C(N)COCCC. The zero-order valence-corrected chi connectivity index (χ0v) is 10.1. The predicted octanol–water partition coefficient (Wildman–Crippen LogP) is 2.96. The Morgan fingerprint density at radius 3 is 2.36 bits per heavy atom. The summed E-state index contributed by atoms with van der Waals surface area (Å²) in [5, 5.41) is 0. The van der Waals surface area contributed by atoms with E-state index in [-0.39, 0.29) is 6.04 Å². The molecule has 0 heterocycles. The fraction of sp³-hybridized carbons (Fsp3) is 1.00. The third-order valence-electron chi connectivity index (χ3n) is 2.72. The molecule has 2 nitrogen and oxygen atoms in total. The molecule has 0 rings (SSSR count). The minimum absolute atomic E-state index is 0.234. The highest BCUT2D eigenvalue weighted by atomic mass is 16.5. The molecule has 0 bridgehead atoms. The van der Waals surface area contributed by atoms with Gasteiger partial charge in [0, 0.05) is 12.6 Å². The van der Waals surface area contributed by atoms with E-state index in [2.05, 4.69) is 20.8 Å². The largest absolute Gasteiger partial charge is 0.380 e. The number of unbranched alkanes of at least 4 members (excludes halogenated alkanes) is 1. The van der Waals surface area contributed by atoms with Crippen molar-refractivity contribution in [3.8, 4) is 0 Å². The van der Waals surface area contributed by atoms with E-state index in [1.807, 2.05) is 0 Å². The summed E-state index contributed by atoms with van der Waals surface area (Å²) in [5.74, 6) is 0.645. The summed E-state index contributed by atoms with van der Waals surface area (Å²) in [6.45, 7) is 8.15. The molecule has 2 N–H and O–H groups in total. The van der Waals surface area contributed by atoms with Crippen molar-refractivity contribution in [1.82, 2.24) is 0 Å². The van der Waals surface area contributed by atoms with Gasteiger partial charge < -0.3 is 10.5 Å². The van der Waals surface area contributed by atoms with E-state index >= 15 is 0 Å².